The van der Waals surface area contributed by atoms with Gasteiger partial charge in [-0.3, -0.25) is 9.59 Å². The molecule has 2 atom stereocenters. The van der Waals surface area contributed by atoms with Gasteiger partial charge in [-0.15, -0.1) is 0 Å². The Kier molecular flexibility index (Phi) is 5.98. The van der Waals surface area contributed by atoms with E-state index in [-0.39, 0.29) is 6.54 Å². The number of ether oxygens (including phenoxy) is 1. The summed E-state index contributed by atoms with van der Waals surface area (Å²) in [4.78, 5) is 21.8. The van der Waals surface area contributed by atoms with Crippen molar-refractivity contribution in [3.63, 3.8) is 0 Å². The lowest BCUT2D eigenvalue weighted by Crippen LogP contribution is -2.44. The van der Waals surface area contributed by atoms with Crippen LogP contribution in [0.3, 0.4) is 0 Å². The minimum absolute atomic E-state index is 0.00676. The van der Waals surface area contributed by atoms with Crippen molar-refractivity contribution < 1.29 is 24.5 Å². The first-order valence-electron chi connectivity index (χ1n) is 5.02. The number of carboxylic acids is 1. The lowest BCUT2D eigenvalue weighted by molar-refractivity contribution is -0.146. The first-order valence-corrected chi connectivity index (χ1v) is 5.02. The normalized spacial score (nSPS) is 16.2. The number of carbonyl (C=O) groups is 2. The van der Waals surface area contributed by atoms with Crippen LogP contribution in [0.4, 0.5) is 0 Å². The van der Waals surface area contributed by atoms with Crippen molar-refractivity contribution in [3.05, 3.63) is 0 Å². The van der Waals surface area contributed by atoms with Crippen molar-refractivity contribution >= 4 is 11.9 Å². The smallest absolute Gasteiger partial charge is 0.315 e. The fourth-order valence-electron chi connectivity index (χ4n) is 0.953. The van der Waals surface area contributed by atoms with E-state index >= 15 is 0 Å². The van der Waals surface area contributed by atoms with E-state index in [4.69, 9.17) is 9.84 Å². The molecule has 6 heteroatoms. The molecule has 0 rings (SSSR count). The first-order chi connectivity index (χ1) is 7.30. The lowest BCUT2D eigenvalue weighted by atomic mass is 10.0. The molecule has 0 aromatic rings. The molecule has 0 saturated heterocycles. The van der Waals surface area contributed by atoms with Crippen LogP contribution in [-0.2, 0) is 14.3 Å². The van der Waals surface area contributed by atoms with Crippen molar-refractivity contribution in [2.75, 3.05) is 20.3 Å². The summed E-state index contributed by atoms with van der Waals surface area (Å²) in [7, 11) is 1.52. The molecular weight excluding hydrogens is 214 g/mol. The van der Waals surface area contributed by atoms with Crippen LogP contribution in [0.15, 0.2) is 0 Å². The van der Waals surface area contributed by atoms with Gasteiger partial charge in [0.2, 0.25) is 5.91 Å². The predicted molar refractivity (Wildman–Crippen MR) is 56.9 cm³/mol. The second-order valence-corrected chi connectivity index (χ2v) is 4.02. The summed E-state index contributed by atoms with van der Waals surface area (Å²) < 4.78 is 4.80. The van der Waals surface area contributed by atoms with Crippen LogP contribution < -0.4 is 5.32 Å². The van der Waals surface area contributed by atoms with Crippen LogP contribution >= 0.6 is 0 Å². The van der Waals surface area contributed by atoms with E-state index in [1.54, 1.807) is 6.92 Å². The number of methoxy groups -OCH3 is 1. The van der Waals surface area contributed by atoms with E-state index in [1.807, 2.05) is 0 Å². The number of carbonyl (C=O) groups excluding carboxylic acids is 1. The van der Waals surface area contributed by atoms with E-state index in [0.717, 1.165) is 0 Å². The van der Waals surface area contributed by atoms with Crippen LogP contribution in [0.5, 0.6) is 0 Å². The lowest BCUT2D eigenvalue weighted by Gasteiger charge is -2.23. The molecule has 0 bridgehead atoms. The highest BCUT2D eigenvalue weighted by atomic mass is 16.5. The number of carboxylic acid groups (broad SMARTS) is 1. The molecule has 0 heterocycles. The maximum absolute atomic E-state index is 11.3. The summed E-state index contributed by atoms with van der Waals surface area (Å²) in [6.07, 6.45) is 0.366. The van der Waals surface area contributed by atoms with Gasteiger partial charge in [0.05, 0.1) is 5.60 Å². The zero-order valence-electron chi connectivity index (χ0n) is 9.82. The molecule has 0 aromatic heterocycles. The summed E-state index contributed by atoms with van der Waals surface area (Å²) in [5.41, 5.74) is -1.09. The molecule has 0 spiro atoms. The molecule has 0 aliphatic carbocycles. The second kappa shape index (κ2) is 6.44. The summed E-state index contributed by atoms with van der Waals surface area (Å²) in [5, 5.41) is 20.7. The molecule has 94 valence electrons. The molecule has 0 aliphatic rings. The molecule has 0 aromatic carbocycles. The van der Waals surface area contributed by atoms with Gasteiger partial charge in [-0.05, 0) is 13.8 Å². The van der Waals surface area contributed by atoms with Crippen molar-refractivity contribution in [1.29, 1.82) is 0 Å². The largest absolute Gasteiger partial charge is 0.481 e. The summed E-state index contributed by atoms with van der Waals surface area (Å²) in [6, 6.07) is 0. The number of aliphatic carboxylic acids is 1. The Morgan fingerprint density at radius 1 is 1.50 bits per heavy atom. The predicted octanol–water partition coefficient (Wildman–Crippen LogP) is -0.389. The highest BCUT2D eigenvalue weighted by Gasteiger charge is 2.25. The average Bonchev–Trinajstić information content (AvgIpc) is 2.22. The highest BCUT2D eigenvalue weighted by Crippen LogP contribution is 2.08. The van der Waals surface area contributed by atoms with Crippen LogP contribution in [0.25, 0.3) is 0 Å². The van der Waals surface area contributed by atoms with Gasteiger partial charge >= 0.3 is 5.97 Å². The van der Waals surface area contributed by atoms with Gasteiger partial charge in [-0.1, -0.05) is 0 Å². The van der Waals surface area contributed by atoms with Gasteiger partial charge in [0, 0.05) is 26.7 Å². The summed E-state index contributed by atoms with van der Waals surface area (Å²) in [6.45, 7) is 3.23. The average molecular weight is 233 g/mol. The quantitative estimate of drug-likeness (QED) is 0.520. The van der Waals surface area contributed by atoms with Gasteiger partial charge in [0.15, 0.2) is 0 Å². The number of hydrogen-bond acceptors (Lipinski definition) is 4. The maximum atomic E-state index is 11.3. The number of amides is 1. The molecular formula is C10H19NO5. The first kappa shape index (κ1) is 14.9. The molecule has 1 amide bonds. The third-order valence-electron chi connectivity index (χ3n) is 2.25. The van der Waals surface area contributed by atoms with Crippen LogP contribution in [0.2, 0.25) is 0 Å². The maximum Gasteiger partial charge on any atom is 0.315 e. The van der Waals surface area contributed by atoms with Crippen LogP contribution in [-0.4, -0.2) is 48.0 Å². The van der Waals surface area contributed by atoms with E-state index < -0.39 is 23.4 Å². The van der Waals surface area contributed by atoms with Crippen molar-refractivity contribution in [2.45, 2.75) is 25.9 Å². The summed E-state index contributed by atoms with van der Waals surface area (Å²) >= 11 is 0. The van der Waals surface area contributed by atoms with Gasteiger partial charge in [-0.2, -0.15) is 0 Å². The van der Waals surface area contributed by atoms with E-state index in [0.29, 0.717) is 13.0 Å². The Hall–Kier alpha value is -1.14. The van der Waals surface area contributed by atoms with Crippen LogP contribution in [0, 0.1) is 5.92 Å². The molecule has 16 heavy (non-hydrogen) atoms. The third kappa shape index (κ3) is 5.67. The minimum atomic E-state index is -1.19. The monoisotopic (exact) mass is 233 g/mol. The molecule has 3 N–H and O–H groups in total. The third-order valence-corrected chi connectivity index (χ3v) is 2.25. The van der Waals surface area contributed by atoms with Gasteiger partial charge < -0.3 is 20.3 Å². The van der Waals surface area contributed by atoms with Gasteiger partial charge in [0.1, 0.15) is 5.92 Å². The van der Waals surface area contributed by atoms with E-state index in [2.05, 4.69) is 5.32 Å². The Morgan fingerprint density at radius 3 is 2.50 bits per heavy atom. The SMILES string of the molecule is COCCC(C)(O)CNC(=O)C(C)C(=O)O. The summed E-state index contributed by atoms with van der Waals surface area (Å²) in [5.74, 6) is -2.91. The molecule has 6 nitrogen and oxygen atoms in total. The van der Waals surface area contributed by atoms with Gasteiger partial charge in [-0.25, -0.2) is 0 Å². The highest BCUT2D eigenvalue weighted by molar-refractivity contribution is 5.96. The molecule has 0 aliphatic heterocycles. The van der Waals surface area contributed by atoms with Crippen LogP contribution in [0.1, 0.15) is 20.3 Å². The standard InChI is InChI=1S/C10H19NO5/c1-7(9(13)14)8(12)11-6-10(2,15)4-5-16-3/h7,15H,4-6H2,1-3H3,(H,11,12)(H,13,14). The number of nitrogens with one attached hydrogen (secondary N) is 1. The van der Waals surface area contributed by atoms with Crippen molar-refractivity contribution in [1.82, 2.24) is 5.32 Å². The number of aliphatic hydroxyl groups is 1. The van der Waals surface area contributed by atoms with Crippen molar-refractivity contribution in [3.8, 4) is 0 Å². The fraction of sp³-hybridized carbons (Fsp3) is 0.800. The Morgan fingerprint density at radius 2 is 2.06 bits per heavy atom. The molecule has 2 unspecified atom stereocenters. The van der Waals surface area contributed by atoms with E-state index in [9.17, 15) is 14.7 Å². The Labute approximate surface area is 94.6 Å². The van der Waals surface area contributed by atoms with Crippen molar-refractivity contribution in [2.24, 2.45) is 5.92 Å². The minimum Gasteiger partial charge on any atom is -0.481 e. The Bertz CT molecular complexity index is 252. The zero-order valence-corrected chi connectivity index (χ0v) is 9.82. The van der Waals surface area contributed by atoms with Gasteiger partial charge in [0.25, 0.3) is 0 Å². The fourth-order valence-corrected chi connectivity index (χ4v) is 0.953. The number of hydrogen-bond donors (Lipinski definition) is 3. The molecule has 0 radical (unpaired) electrons. The van der Waals surface area contributed by atoms with E-state index in [1.165, 1.54) is 14.0 Å². The Balaban J connectivity index is 4.03. The second-order valence-electron chi connectivity index (χ2n) is 4.02. The molecule has 0 fully saturated rings. The zero-order chi connectivity index (χ0) is 12.8. The molecule has 0 saturated carbocycles. The topological polar surface area (TPSA) is 95.9 Å². The number of rotatable bonds is 7.